The highest BCUT2D eigenvalue weighted by Crippen LogP contribution is 2.29. The zero-order valence-corrected chi connectivity index (χ0v) is 21.9. The molecule has 1 unspecified atom stereocenters. The van der Waals surface area contributed by atoms with Gasteiger partial charge in [-0.3, -0.25) is 4.98 Å². The number of nitrogens with zero attached hydrogens (tertiary/aromatic N) is 3. The van der Waals surface area contributed by atoms with Crippen LogP contribution in [-0.4, -0.2) is 64.4 Å². The van der Waals surface area contributed by atoms with Gasteiger partial charge in [0.05, 0.1) is 11.8 Å². The highest BCUT2D eigenvalue weighted by atomic mass is 19.1. The first-order valence-corrected chi connectivity index (χ1v) is 13.6. The SMILES string of the molecule is C=C(c1ccc(-c2ccc(CCC3CCN(CC(F)(CC)CC)CC3)cn2)cc1F)N1CCC(O)C1. The molecule has 1 N–H and O–H groups in total. The number of alkyl halides is 1. The van der Waals surface area contributed by atoms with Crippen molar-refractivity contribution in [3.63, 3.8) is 0 Å². The van der Waals surface area contributed by atoms with Gasteiger partial charge in [0.1, 0.15) is 11.5 Å². The third kappa shape index (κ3) is 6.51. The molecule has 1 aromatic carbocycles. The van der Waals surface area contributed by atoms with Crippen molar-refractivity contribution in [2.24, 2.45) is 5.92 Å². The van der Waals surface area contributed by atoms with Crippen LogP contribution in [0.15, 0.2) is 43.1 Å². The van der Waals surface area contributed by atoms with E-state index in [0.717, 1.165) is 50.0 Å². The third-order valence-corrected chi connectivity index (χ3v) is 8.27. The average molecular weight is 498 g/mol. The van der Waals surface area contributed by atoms with E-state index >= 15 is 0 Å². The lowest BCUT2D eigenvalue weighted by atomic mass is 9.89. The van der Waals surface area contributed by atoms with Crippen molar-refractivity contribution in [3.05, 3.63) is 60.1 Å². The van der Waals surface area contributed by atoms with Crippen LogP contribution in [0.1, 0.15) is 63.5 Å². The monoisotopic (exact) mass is 497 g/mol. The molecule has 2 aromatic rings. The predicted octanol–water partition coefficient (Wildman–Crippen LogP) is 6.10. The summed E-state index contributed by atoms with van der Waals surface area (Å²) in [5.41, 5.74) is 2.73. The Bertz CT molecular complexity index is 1010. The van der Waals surface area contributed by atoms with E-state index in [0.29, 0.717) is 56.1 Å². The molecule has 196 valence electrons. The Labute approximate surface area is 215 Å². The van der Waals surface area contributed by atoms with Crippen molar-refractivity contribution in [2.75, 3.05) is 32.7 Å². The van der Waals surface area contributed by atoms with Gasteiger partial charge in [0.2, 0.25) is 0 Å². The van der Waals surface area contributed by atoms with E-state index in [1.807, 2.05) is 37.1 Å². The smallest absolute Gasteiger partial charge is 0.133 e. The molecule has 2 saturated heterocycles. The third-order valence-electron chi connectivity index (χ3n) is 8.27. The van der Waals surface area contributed by atoms with E-state index in [-0.39, 0.29) is 11.9 Å². The number of aryl methyl sites for hydroxylation is 1. The van der Waals surface area contributed by atoms with Crippen molar-refractivity contribution < 1.29 is 13.9 Å². The van der Waals surface area contributed by atoms with Crippen LogP contribution in [0.2, 0.25) is 0 Å². The minimum atomic E-state index is -1.05. The van der Waals surface area contributed by atoms with Crippen LogP contribution in [0.4, 0.5) is 8.78 Å². The highest BCUT2D eigenvalue weighted by molar-refractivity contribution is 5.68. The first-order chi connectivity index (χ1) is 17.3. The molecule has 2 aliphatic rings. The fraction of sp³-hybridized carbons (Fsp3) is 0.567. The predicted molar refractivity (Wildman–Crippen MR) is 143 cm³/mol. The van der Waals surface area contributed by atoms with Gasteiger partial charge in [0.15, 0.2) is 0 Å². The number of pyridine rings is 1. The van der Waals surface area contributed by atoms with Gasteiger partial charge in [-0.2, -0.15) is 0 Å². The van der Waals surface area contributed by atoms with Crippen LogP contribution in [0.5, 0.6) is 0 Å². The Kier molecular flexibility index (Phi) is 8.78. The van der Waals surface area contributed by atoms with E-state index in [1.165, 1.54) is 11.6 Å². The molecule has 4 rings (SSSR count). The lowest BCUT2D eigenvalue weighted by molar-refractivity contribution is 0.0628. The van der Waals surface area contributed by atoms with Gasteiger partial charge in [-0.25, -0.2) is 8.78 Å². The molecule has 4 nitrogen and oxygen atoms in total. The van der Waals surface area contributed by atoms with Crippen LogP contribution in [0, 0.1) is 11.7 Å². The summed E-state index contributed by atoms with van der Waals surface area (Å²) in [6.45, 7) is 11.7. The lowest BCUT2D eigenvalue weighted by Gasteiger charge is -2.36. The molecular formula is C30H41F2N3O. The molecule has 1 atom stereocenters. The van der Waals surface area contributed by atoms with Gasteiger partial charge in [0.25, 0.3) is 0 Å². The molecule has 0 saturated carbocycles. The second kappa shape index (κ2) is 11.8. The molecule has 3 heterocycles. The zero-order valence-electron chi connectivity index (χ0n) is 21.9. The Morgan fingerprint density at radius 1 is 1.11 bits per heavy atom. The zero-order chi connectivity index (χ0) is 25.7. The summed E-state index contributed by atoms with van der Waals surface area (Å²) < 4.78 is 29.6. The van der Waals surface area contributed by atoms with Crippen molar-refractivity contribution in [3.8, 4) is 11.3 Å². The summed E-state index contributed by atoms with van der Waals surface area (Å²) >= 11 is 0. The van der Waals surface area contributed by atoms with E-state index in [4.69, 9.17) is 0 Å². The first-order valence-electron chi connectivity index (χ1n) is 13.6. The summed E-state index contributed by atoms with van der Waals surface area (Å²) in [6.07, 6.45) is 7.74. The Morgan fingerprint density at radius 3 is 2.44 bits per heavy atom. The number of likely N-dealkylation sites (tertiary alicyclic amines) is 2. The molecule has 6 heteroatoms. The minimum absolute atomic E-state index is 0.320. The van der Waals surface area contributed by atoms with Crippen LogP contribution in [-0.2, 0) is 6.42 Å². The Balaban J connectivity index is 1.27. The van der Waals surface area contributed by atoms with Gasteiger partial charge in [-0.1, -0.05) is 32.6 Å². The molecule has 0 aliphatic carbocycles. The molecule has 2 aliphatic heterocycles. The van der Waals surface area contributed by atoms with Gasteiger partial charge < -0.3 is 14.9 Å². The number of β-amino-alcohol motifs (C(OH)–C–C–N with tert-alkyl or cyclic N) is 1. The van der Waals surface area contributed by atoms with Crippen molar-refractivity contribution in [1.82, 2.24) is 14.8 Å². The number of hydrogen-bond acceptors (Lipinski definition) is 4. The van der Waals surface area contributed by atoms with E-state index < -0.39 is 5.67 Å². The van der Waals surface area contributed by atoms with Crippen LogP contribution >= 0.6 is 0 Å². The maximum absolute atomic E-state index is 14.9. The van der Waals surface area contributed by atoms with Gasteiger partial charge in [0, 0.05) is 42.7 Å². The number of aliphatic hydroxyl groups excluding tert-OH is 1. The topological polar surface area (TPSA) is 39.6 Å². The number of aromatic nitrogens is 1. The average Bonchev–Trinajstić information content (AvgIpc) is 3.34. The molecule has 0 bridgehead atoms. The standard InChI is InChI=1S/C30H41F2N3O/c1-4-30(32,5-2)21-34-15-12-23(13-16-34)6-7-24-8-11-29(33-19-24)25-9-10-27(28(31)18-25)22(3)35-17-14-26(36)20-35/h8-11,18-19,23,26,36H,3-7,12-17,20-21H2,1-2H3. The number of hydrogen-bond donors (Lipinski definition) is 1. The molecule has 0 radical (unpaired) electrons. The molecular weight excluding hydrogens is 456 g/mol. The van der Waals surface area contributed by atoms with Crippen molar-refractivity contribution in [1.29, 1.82) is 0 Å². The van der Waals surface area contributed by atoms with Crippen LogP contribution in [0.3, 0.4) is 0 Å². The van der Waals surface area contributed by atoms with Gasteiger partial charge in [-0.15, -0.1) is 0 Å². The fourth-order valence-electron chi connectivity index (χ4n) is 5.49. The van der Waals surface area contributed by atoms with Crippen LogP contribution in [0.25, 0.3) is 17.0 Å². The largest absolute Gasteiger partial charge is 0.391 e. The number of halogens is 2. The maximum Gasteiger partial charge on any atom is 0.133 e. The summed E-state index contributed by atoms with van der Waals surface area (Å²) in [7, 11) is 0. The quantitative estimate of drug-likeness (QED) is 0.431. The summed E-state index contributed by atoms with van der Waals surface area (Å²) in [5, 5.41) is 9.76. The molecule has 2 fully saturated rings. The molecule has 1 aromatic heterocycles. The summed E-state index contributed by atoms with van der Waals surface area (Å²) in [5.74, 6) is 0.351. The fourth-order valence-corrected chi connectivity index (χ4v) is 5.49. The molecule has 0 spiro atoms. The molecule has 36 heavy (non-hydrogen) atoms. The van der Waals surface area contributed by atoms with E-state index in [9.17, 15) is 13.9 Å². The number of aliphatic hydroxyl groups is 1. The second-order valence-corrected chi connectivity index (χ2v) is 10.7. The lowest BCUT2D eigenvalue weighted by Crippen LogP contribution is -2.43. The first kappa shape index (κ1) is 26.7. The summed E-state index contributed by atoms with van der Waals surface area (Å²) in [6, 6.07) is 9.22. The summed E-state index contributed by atoms with van der Waals surface area (Å²) in [4.78, 5) is 8.84. The van der Waals surface area contributed by atoms with E-state index in [2.05, 4.69) is 22.5 Å². The normalized spacial score (nSPS) is 19.7. The Morgan fingerprint density at radius 2 is 1.86 bits per heavy atom. The Hall–Kier alpha value is -2.31. The maximum atomic E-state index is 14.9. The van der Waals surface area contributed by atoms with Gasteiger partial charge >= 0.3 is 0 Å². The number of rotatable bonds is 10. The van der Waals surface area contributed by atoms with Crippen LogP contribution < -0.4 is 0 Å². The minimum Gasteiger partial charge on any atom is -0.391 e. The highest BCUT2D eigenvalue weighted by Gasteiger charge is 2.30. The second-order valence-electron chi connectivity index (χ2n) is 10.7. The number of piperidine rings is 1. The molecule has 0 amide bonds. The van der Waals surface area contributed by atoms with Gasteiger partial charge in [-0.05, 0) is 87.7 Å². The number of benzene rings is 1. The van der Waals surface area contributed by atoms with Crippen molar-refractivity contribution >= 4 is 5.70 Å². The van der Waals surface area contributed by atoms with Crippen molar-refractivity contribution in [2.45, 2.75) is 70.6 Å². The van der Waals surface area contributed by atoms with E-state index in [1.54, 1.807) is 6.07 Å².